The van der Waals surface area contributed by atoms with Gasteiger partial charge in [0.05, 0.1) is 0 Å². The van der Waals surface area contributed by atoms with Crippen molar-refractivity contribution in [2.24, 2.45) is 23.5 Å². The summed E-state index contributed by atoms with van der Waals surface area (Å²) in [6.07, 6.45) is 2.24. The first kappa shape index (κ1) is 14.7. The van der Waals surface area contributed by atoms with Gasteiger partial charge < -0.3 is 20.6 Å². The second-order valence-electron chi connectivity index (χ2n) is 6.95. The molecule has 1 amide bonds. The SMILES string of the molecule is NC(=O)C1CC2CC(NCC(O)c3cc4ccccc4o3)C2C1. The number of para-hydroxylation sites is 1. The molecular weight excluding hydrogens is 292 g/mol. The molecule has 1 aromatic carbocycles. The first-order chi connectivity index (χ1) is 11.1. The lowest BCUT2D eigenvalue weighted by atomic mass is 9.71. The van der Waals surface area contributed by atoms with E-state index in [0.29, 0.717) is 30.2 Å². The van der Waals surface area contributed by atoms with Crippen LogP contribution in [0.2, 0.25) is 0 Å². The van der Waals surface area contributed by atoms with Crippen LogP contribution in [0, 0.1) is 17.8 Å². The normalized spacial score (nSPS) is 30.8. The van der Waals surface area contributed by atoms with Gasteiger partial charge >= 0.3 is 0 Å². The number of nitrogens with two attached hydrogens (primary N) is 1. The maximum absolute atomic E-state index is 11.3. The molecule has 122 valence electrons. The number of carbonyl (C=O) groups is 1. The Bertz CT molecular complexity index is 693. The van der Waals surface area contributed by atoms with E-state index in [4.69, 9.17) is 10.2 Å². The second-order valence-corrected chi connectivity index (χ2v) is 6.95. The quantitative estimate of drug-likeness (QED) is 0.787. The summed E-state index contributed by atoms with van der Waals surface area (Å²) in [5, 5.41) is 14.8. The van der Waals surface area contributed by atoms with Gasteiger partial charge in [0.1, 0.15) is 17.4 Å². The number of fused-ring (bicyclic) bond motifs is 2. The topological polar surface area (TPSA) is 88.5 Å². The maximum atomic E-state index is 11.3. The molecule has 4 N–H and O–H groups in total. The van der Waals surface area contributed by atoms with Crippen LogP contribution in [0.1, 0.15) is 31.1 Å². The molecule has 2 aliphatic carbocycles. The Morgan fingerprint density at radius 2 is 2.17 bits per heavy atom. The molecule has 5 heteroatoms. The van der Waals surface area contributed by atoms with Crippen molar-refractivity contribution in [2.45, 2.75) is 31.4 Å². The molecule has 0 radical (unpaired) electrons. The van der Waals surface area contributed by atoms with E-state index in [1.165, 1.54) is 0 Å². The molecule has 2 aliphatic rings. The van der Waals surface area contributed by atoms with E-state index in [1.54, 1.807) is 0 Å². The highest BCUT2D eigenvalue weighted by Crippen LogP contribution is 2.49. The minimum absolute atomic E-state index is 0.0390. The molecule has 1 aromatic heterocycles. The number of benzene rings is 1. The average molecular weight is 314 g/mol. The molecule has 2 saturated carbocycles. The molecule has 0 bridgehead atoms. The third kappa shape index (κ3) is 2.64. The largest absolute Gasteiger partial charge is 0.458 e. The van der Waals surface area contributed by atoms with E-state index in [-0.39, 0.29) is 11.8 Å². The van der Waals surface area contributed by atoms with Gasteiger partial charge in [0.15, 0.2) is 0 Å². The van der Waals surface area contributed by atoms with Crippen molar-refractivity contribution in [3.8, 4) is 0 Å². The number of primary amides is 1. The lowest BCUT2D eigenvalue weighted by Gasteiger charge is -2.41. The number of hydrogen-bond donors (Lipinski definition) is 3. The van der Waals surface area contributed by atoms with Gasteiger partial charge in [0, 0.05) is 23.9 Å². The summed E-state index contributed by atoms with van der Waals surface area (Å²) < 4.78 is 5.70. The van der Waals surface area contributed by atoms with Gasteiger partial charge in [-0.15, -0.1) is 0 Å². The van der Waals surface area contributed by atoms with E-state index < -0.39 is 6.10 Å². The Balaban J connectivity index is 1.34. The summed E-state index contributed by atoms with van der Waals surface area (Å²) in [4.78, 5) is 11.3. The van der Waals surface area contributed by atoms with E-state index >= 15 is 0 Å². The second kappa shape index (κ2) is 5.65. The summed E-state index contributed by atoms with van der Waals surface area (Å²) >= 11 is 0. The number of amides is 1. The van der Waals surface area contributed by atoms with E-state index in [9.17, 15) is 9.90 Å². The standard InChI is InChI=1S/C18H22N2O3/c19-18(22)12-5-11-7-14(13(11)6-12)20-9-15(21)17-8-10-3-1-2-4-16(10)23-17/h1-4,8,11-15,20-21H,5-7,9H2,(H2,19,22). The highest BCUT2D eigenvalue weighted by Gasteiger charge is 2.48. The first-order valence-electron chi connectivity index (χ1n) is 8.31. The molecule has 1 heterocycles. The monoisotopic (exact) mass is 314 g/mol. The summed E-state index contributed by atoms with van der Waals surface area (Å²) in [5.41, 5.74) is 6.22. The zero-order valence-corrected chi connectivity index (χ0v) is 12.9. The Labute approximate surface area is 134 Å². The molecule has 4 rings (SSSR count). The number of rotatable bonds is 5. The summed E-state index contributed by atoms with van der Waals surface area (Å²) in [6.45, 7) is 0.467. The predicted molar refractivity (Wildman–Crippen MR) is 86.5 cm³/mol. The summed E-state index contributed by atoms with van der Waals surface area (Å²) in [5.74, 6) is 1.61. The third-order valence-corrected chi connectivity index (χ3v) is 5.57. The highest BCUT2D eigenvalue weighted by molar-refractivity contribution is 5.78. The van der Waals surface area contributed by atoms with Crippen molar-refractivity contribution >= 4 is 16.9 Å². The lowest BCUT2D eigenvalue weighted by Crippen LogP contribution is -2.49. The van der Waals surface area contributed by atoms with Crippen LogP contribution in [-0.2, 0) is 4.79 Å². The van der Waals surface area contributed by atoms with Crippen LogP contribution in [0.3, 0.4) is 0 Å². The maximum Gasteiger partial charge on any atom is 0.220 e. The fourth-order valence-corrected chi connectivity index (χ4v) is 4.22. The fourth-order valence-electron chi connectivity index (χ4n) is 4.22. The zero-order chi connectivity index (χ0) is 16.0. The van der Waals surface area contributed by atoms with Crippen molar-refractivity contribution in [3.05, 3.63) is 36.1 Å². The zero-order valence-electron chi connectivity index (χ0n) is 12.9. The fraction of sp³-hybridized carbons (Fsp3) is 0.500. The summed E-state index contributed by atoms with van der Waals surface area (Å²) in [6, 6.07) is 10.0. The molecule has 5 atom stereocenters. The Morgan fingerprint density at radius 1 is 1.35 bits per heavy atom. The lowest BCUT2D eigenvalue weighted by molar-refractivity contribution is -0.121. The smallest absolute Gasteiger partial charge is 0.220 e. The van der Waals surface area contributed by atoms with Crippen molar-refractivity contribution in [3.63, 3.8) is 0 Å². The highest BCUT2D eigenvalue weighted by atomic mass is 16.4. The van der Waals surface area contributed by atoms with Gasteiger partial charge in [-0.2, -0.15) is 0 Å². The van der Waals surface area contributed by atoms with E-state index in [2.05, 4.69) is 5.32 Å². The first-order valence-corrected chi connectivity index (χ1v) is 8.31. The van der Waals surface area contributed by atoms with E-state index in [0.717, 1.165) is 30.2 Å². The Morgan fingerprint density at radius 3 is 2.96 bits per heavy atom. The van der Waals surface area contributed by atoms with Crippen LogP contribution in [0.4, 0.5) is 0 Å². The Kier molecular flexibility index (Phi) is 3.62. The molecule has 0 spiro atoms. The molecule has 2 fully saturated rings. The molecule has 0 saturated heterocycles. The van der Waals surface area contributed by atoms with Crippen LogP contribution in [0.15, 0.2) is 34.7 Å². The number of aliphatic hydroxyl groups excluding tert-OH is 1. The number of aliphatic hydroxyl groups is 1. The van der Waals surface area contributed by atoms with Crippen LogP contribution >= 0.6 is 0 Å². The number of nitrogens with one attached hydrogen (secondary N) is 1. The number of carbonyl (C=O) groups excluding carboxylic acids is 1. The van der Waals surface area contributed by atoms with Gasteiger partial charge in [-0.1, -0.05) is 18.2 Å². The molecule has 5 unspecified atom stereocenters. The number of furan rings is 1. The molecule has 5 nitrogen and oxygen atoms in total. The molecule has 2 aromatic rings. The van der Waals surface area contributed by atoms with Crippen LogP contribution < -0.4 is 11.1 Å². The van der Waals surface area contributed by atoms with Gasteiger partial charge in [-0.3, -0.25) is 4.79 Å². The molecular formula is C18H22N2O3. The molecule has 0 aliphatic heterocycles. The van der Waals surface area contributed by atoms with Gasteiger partial charge in [-0.25, -0.2) is 0 Å². The van der Waals surface area contributed by atoms with E-state index in [1.807, 2.05) is 30.3 Å². The van der Waals surface area contributed by atoms with Crippen molar-refractivity contribution in [1.29, 1.82) is 0 Å². The van der Waals surface area contributed by atoms with Crippen molar-refractivity contribution in [2.75, 3.05) is 6.54 Å². The van der Waals surface area contributed by atoms with Crippen molar-refractivity contribution < 1.29 is 14.3 Å². The van der Waals surface area contributed by atoms with Gasteiger partial charge in [0.2, 0.25) is 5.91 Å². The molecule has 23 heavy (non-hydrogen) atoms. The summed E-state index contributed by atoms with van der Waals surface area (Å²) in [7, 11) is 0. The third-order valence-electron chi connectivity index (χ3n) is 5.57. The van der Waals surface area contributed by atoms with Gasteiger partial charge in [-0.05, 0) is 43.2 Å². The van der Waals surface area contributed by atoms with Crippen LogP contribution in [-0.4, -0.2) is 23.6 Å². The minimum atomic E-state index is -0.658. The van der Waals surface area contributed by atoms with Crippen LogP contribution in [0.25, 0.3) is 11.0 Å². The Hall–Kier alpha value is -1.85. The van der Waals surface area contributed by atoms with Crippen molar-refractivity contribution in [1.82, 2.24) is 5.32 Å². The predicted octanol–water partition coefficient (Wildman–Crippen LogP) is 1.96. The van der Waals surface area contributed by atoms with Gasteiger partial charge in [0.25, 0.3) is 0 Å². The van der Waals surface area contributed by atoms with Crippen LogP contribution in [0.5, 0.6) is 0 Å². The minimum Gasteiger partial charge on any atom is -0.458 e. The average Bonchev–Trinajstić information content (AvgIpc) is 3.09. The number of hydrogen-bond acceptors (Lipinski definition) is 4.